The van der Waals surface area contributed by atoms with Gasteiger partial charge >= 0.3 is 0 Å². The Morgan fingerprint density at radius 3 is 2.21 bits per heavy atom. The lowest BCUT2D eigenvalue weighted by molar-refractivity contribution is 0.0947. The van der Waals surface area contributed by atoms with Crippen LogP contribution >= 0.6 is 0 Å². The summed E-state index contributed by atoms with van der Waals surface area (Å²) in [6.07, 6.45) is 1.99. The van der Waals surface area contributed by atoms with E-state index in [0.717, 1.165) is 22.7 Å². The molecule has 0 heterocycles. The number of nitrogens with one attached hydrogen (secondary N) is 1. The van der Waals surface area contributed by atoms with Gasteiger partial charge in [-0.3, -0.25) is 9.10 Å². The molecule has 0 aliphatic heterocycles. The number of nitrogens with zero attached hydrogens (tertiary/aromatic N) is 1. The molecule has 0 saturated carbocycles. The van der Waals surface area contributed by atoms with E-state index in [1.165, 1.54) is 23.8 Å². The first-order chi connectivity index (χ1) is 15.8. The van der Waals surface area contributed by atoms with E-state index in [-0.39, 0.29) is 18.1 Å². The van der Waals surface area contributed by atoms with Gasteiger partial charge in [-0.15, -0.1) is 0 Å². The largest absolute Gasteiger partial charge is 0.492 e. The number of amides is 1. The highest BCUT2D eigenvalue weighted by molar-refractivity contribution is 7.92. The molecule has 33 heavy (non-hydrogen) atoms. The third-order valence-electron chi connectivity index (χ3n) is 5.05. The van der Waals surface area contributed by atoms with Gasteiger partial charge in [0.1, 0.15) is 18.2 Å². The molecule has 0 aromatic heterocycles. The van der Waals surface area contributed by atoms with Gasteiger partial charge in [0, 0.05) is 5.56 Å². The van der Waals surface area contributed by atoms with Gasteiger partial charge in [-0.1, -0.05) is 43.3 Å². The molecule has 6 nitrogen and oxygen atoms in total. The molecule has 1 N–H and O–H groups in total. The van der Waals surface area contributed by atoms with E-state index in [4.69, 9.17) is 4.74 Å². The number of carbonyl (C=O) groups is 1. The van der Waals surface area contributed by atoms with E-state index in [1.54, 1.807) is 30.3 Å². The minimum atomic E-state index is -3.71. The second-order valence-electron chi connectivity index (χ2n) is 7.52. The summed E-state index contributed by atoms with van der Waals surface area (Å²) in [7, 11) is -3.71. The number of halogens is 1. The second-order valence-corrected chi connectivity index (χ2v) is 9.43. The molecule has 3 aromatic carbocycles. The molecule has 0 unspecified atom stereocenters. The van der Waals surface area contributed by atoms with Crippen molar-refractivity contribution < 1.29 is 22.3 Å². The molecule has 8 heteroatoms. The quantitative estimate of drug-likeness (QED) is 0.452. The van der Waals surface area contributed by atoms with Gasteiger partial charge < -0.3 is 10.1 Å². The zero-order valence-corrected chi connectivity index (χ0v) is 19.4. The second kappa shape index (κ2) is 11.0. The summed E-state index contributed by atoms with van der Waals surface area (Å²) in [5.41, 5.74) is 2.26. The van der Waals surface area contributed by atoms with Crippen molar-refractivity contribution in [2.24, 2.45) is 0 Å². The highest BCUT2D eigenvalue weighted by Crippen LogP contribution is 2.24. The number of sulfonamides is 1. The van der Waals surface area contributed by atoms with Crippen LogP contribution in [0.5, 0.6) is 5.75 Å². The first kappa shape index (κ1) is 24.3. The van der Waals surface area contributed by atoms with Crippen molar-refractivity contribution >= 4 is 21.6 Å². The maximum Gasteiger partial charge on any atom is 0.251 e. The lowest BCUT2D eigenvalue weighted by Gasteiger charge is -2.23. The summed E-state index contributed by atoms with van der Waals surface area (Å²) in [6.45, 7) is 2.71. The summed E-state index contributed by atoms with van der Waals surface area (Å²) < 4.78 is 45.3. The number of rotatable bonds is 10. The van der Waals surface area contributed by atoms with E-state index >= 15 is 0 Å². The molecular formula is C25H27FN2O4S. The van der Waals surface area contributed by atoms with Crippen LogP contribution in [0.25, 0.3) is 0 Å². The van der Waals surface area contributed by atoms with Crippen LogP contribution in [0.3, 0.4) is 0 Å². The Morgan fingerprint density at radius 1 is 0.970 bits per heavy atom. The topological polar surface area (TPSA) is 75.7 Å². The number of hydrogen-bond donors (Lipinski definition) is 1. The van der Waals surface area contributed by atoms with Crippen LogP contribution in [-0.2, 0) is 23.0 Å². The van der Waals surface area contributed by atoms with Crippen molar-refractivity contribution in [2.75, 3.05) is 23.7 Å². The van der Waals surface area contributed by atoms with Crippen molar-refractivity contribution in [3.05, 3.63) is 95.3 Å². The van der Waals surface area contributed by atoms with Crippen LogP contribution in [-0.4, -0.2) is 33.7 Å². The number of aryl methyl sites for hydroxylation is 1. The van der Waals surface area contributed by atoms with Crippen molar-refractivity contribution in [2.45, 2.75) is 19.9 Å². The van der Waals surface area contributed by atoms with E-state index in [9.17, 15) is 17.6 Å². The van der Waals surface area contributed by atoms with Crippen molar-refractivity contribution in [1.82, 2.24) is 5.32 Å². The van der Waals surface area contributed by atoms with Gasteiger partial charge in [0.05, 0.1) is 25.0 Å². The molecule has 1 amide bonds. The molecule has 0 aliphatic rings. The molecule has 174 valence electrons. The molecule has 0 radical (unpaired) electrons. The summed E-state index contributed by atoms with van der Waals surface area (Å²) in [4.78, 5) is 12.4. The van der Waals surface area contributed by atoms with Gasteiger partial charge in [-0.25, -0.2) is 12.8 Å². The fraction of sp³-hybridized carbons (Fsp3) is 0.240. The minimum absolute atomic E-state index is 0.0221. The van der Waals surface area contributed by atoms with Crippen LogP contribution < -0.4 is 14.4 Å². The van der Waals surface area contributed by atoms with Gasteiger partial charge in [0.15, 0.2) is 0 Å². The average molecular weight is 471 g/mol. The number of hydrogen-bond acceptors (Lipinski definition) is 4. The van der Waals surface area contributed by atoms with Gasteiger partial charge in [-0.2, -0.15) is 0 Å². The molecule has 3 aromatic rings. The van der Waals surface area contributed by atoms with Gasteiger partial charge in [0.2, 0.25) is 10.0 Å². The van der Waals surface area contributed by atoms with Gasteiger partial charge in [0.25, 0.3) is 5.91 Å². The number of anilines is 1. The maximum absolute atomic E-state index is 14.2. The third-order valence-corrected chi connectivity index (χ3v) is 6.18. The Morgan fingerprint density at radius 2 is 1.61 bits per heavy atom. The van der Waals surface area contributed by atoms with Crippen LogP contribution in [0.4, 0.5) is 10.1 Å². The number of carbonyl (C=O) groups excluding carboxylic acids is 1. The van der Waals surface area contributed by atoms with Gasteiger partial charge in [-0.05, 0) is 53.9 Å². The summed E-state index contributed by atoms with van der Waals surface area (Å²) in [5, 5.41) is 2.79. The number of para-hydroxylation sites is 1. The van der Waals surface area contributed by atoms with Crippen LogP contribution in [0.15, 0.2) is 72.8 Å². The highest BCUT2D eigenvalue weighted by atomic mass is 32.2. The van der Waals surface area contributed by atoms with E-state index in [1.807, 2.05) is 24.3 Å². The normalized spacial score (nSPS) is 11.1. The predicted molar refractivity (Wildman–Crippen MR) is 128 cm³/mol. The van der Waals surface area contributed by atoms with Crippen molar-refractivity contribution in [3.8, 4) is 5.75 Å². The van der Waals surface area contributed by atoms with Crippen molar-refractivity contribution in [3.63, 3.8) is 0 Å². The molecule has 0 spiro atoms. The minimum Gasteiger partial charge on any atom is -0.492 e. The van der Waals surface area contributed by atoms with Crippen LogP contribution in [0.1, 0.15) is 28.4 Å². The fourth-order valence-corrected chi connectivity index (χ4v) is 4.11. The lowest BCUT2D eigenvalue weighted by atomic mass is 10.1. The first-order valence-electron chi connectivity index (χ1n) is 10.6. The maximum atomic E-state index is 14.2. The molecule has 3 rings (SSSR count). The summed E-state index contributed by atoms with van der Waals surface area (Å²) >= 11 is 0. The Kier molecular flexibility index (Phi) is 8.06. The molecule has 0 saturated heterocycles. The number of benzene rings is 3. The Bertz CT molecular complexity index is 1180. The Balaban J connectivity index is 1.56. The smallest absolute Gasteiger partial charge is 0.251 e. The van der Waals surface area contributed by atoms with E-state index < -0.39 is 15.8 Å². The number of ether oxygens (including phenoxy) is 1. The molecule has 0 atom stereocenters. The molecular weight excluding hydrogens is 443 g/mol. The average Bonchev–Trinajstić information content (AvgIpc) is 2.81. The first-order valence-corrected chi connectivity index (χ1v) is 12.4. The standard InChI is InChI=1S/C25H27FN2O4S/c1-3-19-10-14-22(15-11-19)32-17-16-27-25(29)21-12-8-20(9-13-21)18-28(33(2,30)31)24-7-5-4-6-23(24)26/h4-15H,3,16-18H2,1-2H3,(H,27,29). The molecule has 0 bridgehead atoms. The predicted octanol–water partition coefficient (Wildman–Crippen LogP) is 4.16. The van der Waals surface area contributed by atoms with Crippen molar-refractivity contribution in [1.29, 1.82) is 0 Å². The van der Waals surface area contributed by atoms with E-state index in [0.29, 0.717) is 24.3 Å². The van der Waals surface area contributed by atoms with E-state index in [2.05, 4.69) is 12.2 Å². The summed E-state index contributed by atoms with van der Waals surface area (Å²) in [6, 6.07) is 20.0. The Hall–Kier alpha value is -3.39. The Labute approximate surface area is 194 Å². The molecule has 0 fully saturated rings. The SMILES string of the molecule is CCc1ccc(OCCNC(=O)c2ccc(CN(c3ccccc3F)S(C)(=O)=O)cc2)cc1. The molecule has 0 aliphatic carbocycles. The monoisotopic (exact) mass is 470 g/mol. The lowest BCUT2D eigenvalue weighted by Crippen LogP contribution is -2.30. The zero-order valence-electron chi connectivity index (χ0n) is 18.6. The van der Waals surface area contributed by atoms with Crippen LogP contribution in [0.2, 0.25) is 0 Å². The highest BCUT2D eigenvalue weighted by Gasteiger charge is 2.21. The fourth-order valence-electron chi connectivity index (χ4n) is 3.22. The summed E-state index contributed by atoms with van der Waals surface area (Å²) in [5.74, 6) is -0.140. The zero-order chi connectivity index (χ0) is 23.8. The third kappa shape index (κ3) is 6.79. The van der Waals surface area contributed by atoms with Crippen LogP contribution in [0, 0.1) is 5.82 Å².